The molecule has 0 saturated carbocycles. The molecule has 0 unspecified atom stereocenters. The highest BCUT2D eigenvalue weighted by Crippen LogP contribution is 2.25. The second-order valence-electron chi connectivity index (χ2n) is 5.51. The molecule has 0 aliphatic rings. The van der Waals surface area contributed by atoms with Crippen LogP contribution in [-0.4, -0.2) is 10.5 Å². The SMILES string of the molecule is C[S@@](=O)(=Nc1ccccc1/C=C/c1ccccc1)c1ccccc1. The van der Waals surface area contributed by atoms with E-state index in [2.05, 4.69) is 4.36 Å². The Morgan fingerprint density at radius 3 is 2.04 bits per heavy atom. The average molecular weight is 333 g/mol. The van der Waals surface area contributed by atoms with Gasteiger partial charge < -0.3 is 0 Å². The van der Waals surface area contributed by atoms with E-state index in [-0.39, 0.29) is 0 Å². The van der Waals surface area contributed by atoms with E-state index in [1.807, 2.05) is 97.1 Å². The van der Waals surface area contributed by atoms with E-state index < -0.39 is 9.73 Å². The Balaban J connectivity index is 2.00. The second kappa shape index (κ2) is 7.28. The van der Waals surface area contributed by atoms with Gasteiger partial charge in [0.2, 0.25) is 0 Å². The van der Waals surface area contributed by atoms with Gasteiger partial charge in [0, 0.05) is 16.7 Å². The molecule has 0 N–H and O–H groups in total. The van der Waals surface area contributed by atoms with E-state index in [1.54, 1.807) is 6.26 Å². The smallest absolute Gasteiger partial charge is 0.0805 e. The normalized spacial score (nSPS) is 13.5. The van der Waals surface area contributed by atoms with E-state index in [1.165, 1.54) is 0 Å². The van der Waals surface area contributed by atoms with Crippen molar-refractivity contribution in [1.29, 1.82) is 0 Å². The maximum atomic E-state index is 13.0. The summed E-state index contributed by atoms with van der Waals surface area (Å²) in [5.41, 5.74) is 2.81. The molecule has 0 heterocycles. The lowest BCUT2D eigenvalue weighted by Crippen LogP contribution is -1.96. The highest BCUT2D eigenvalue weighted by molar-refractivity contribution is 7.93. The molecule has 0 aromatic heterocycles. The van der Waals surface area contributed by atoms with Gasteiger partial charge in [0.05, 0.1) is 15.4 Å². The van der Waals surface area contributed by atoms with Crippen molar-refractivity contribution in [3.8, 4) is 0 Å². The predicted molar refractivity (Wildman–Crippen MR) is 103 cm³/mol. The van der Waals surface area contributed by atoms with Crippen molar-refractivity contribution < 1.29 is 4.21 Å². The number of rotatable bonds is 4. The van der Waals surface area contributed by atoms with Crippen LogP contribution >= 0.6 is 0 Å². The van der Waals surface area contributed by atoms with E-state index in [9.17, 15) is 4.21 Å². The fourth-order valence-corrected chi connectivity index (χ4v) is 3.68. The summed E-state index contributed by atoms with van der Waals surface area (Å²) in [5, 5.41) is 0. The van der Waals surface area contributed by atoms with Gasteiger partial charge in [0.1, 0.15) is 0 Å². The molecule has 0 aliphatic carbocycles. The summed E-state index contributed by atoms with van der Waals surface area (Å²) >= 11 is 0. The molecule has 2 nitrogen and oxygen atoms in total. The molecule has 0 radical (unpaired) electrons. The van der Waals surface area contributed by atoms with Crippen LogP contribution in [0.15, 0.2) is 94.2 Å². The molecule has 0 aliphatic heterocycles. The molecule has 3 aromatic rings. The van der Waals surface area contributed by atoms with Crippen LogP contribution in [-0.2, 0) is 9.73 Å². The molecule has 0 saturated heterocycles. The molecule has 0 spiro atoms. The van der Waals surface area contributed by atoms with Crippen molar-refractivity contribution in [3.05, 3.63) is 96.1 Å². The van der Waals surface area contributed by atoms with Crippen molar-refractivity contribution in [2.75, 3.05) is 6.26 Å². The zero-order valence-corrected chi connectivity index (χ0v) is 14.3. The first-order chi connectivity index (χ1) is 11.6. The first kappa shape index (κ1) is 16.2. The summed E-state index contributed by atoms with van der Waals surface area (Å²) in [6.45, 7) is 0. The van der Waals surface area contributed by atoms with Crippen LogP contribution in [0, 0.1) is 0 Å². The Hall–Kier alpha value is -2.65. The lowest BCUT2D eigenvalue weighted by Gasteiger charge is -2.06. The van der Waals surface area contributed by atoms with Gasteiger partial charge in [-0.3, -0.25) is 0 Å². The highest BCUT2D eigenvalue weighted by atomic mass is 32.2. The van der Waals surface area contributed by atoms with E-state index >= 15 is 0 Å². The van der Waals surface area contributed by atoms with Crippen LogP contribution in [0.2, 0.25) is 0 Å². The van der Waals surface area contributed by atoms with Crippen LogP contribution < -0.4 is 0 Å². The fraction of sp³-hybridized carbons (Fsp3) is 0.0476. The summed E-state index contributed by atoms with van der Waals surface area (Å²) in [7, 11) is -2.48. The first-order valence-corrected chi connectivity index (χ1v) is 9.67. The highest BCUT2D eigenvalue weighted by Gasteiger charge is 2.07. The van der Waals surface area contributed by atoms with Crippen molar-refractivity contribution in [3.63, 3.8) is 0 Å². The molecule has 0 bridgehead atoms. The number of benzene rings is 3. The monoisotopic (exact) mass is 333 g/mol. The van der Waals surface area contributed by atoms with E-state index in [0.29, 0.717) is 0 Å². The average Bonchev–Trinajstić information content (AvgIpc) is 2.62. The standard InChI is InChI=1S/C21H19NOS/c1-24(23,20-13-6-3-7-14-20)22-21-15-9-8-12-19(21)17-16-18-10-4-2-5-11-18/h2-17H,1H3/b17-16+/t24-/m0/s1. The molecular weight excluding hydrogens is 314 g/mol. The zero-order chi connectivity index (χ0) is 16.8. The molecule has 24 heavy (non-hydrogen) atoms. The van der Waals surface area contributed by atoms with E-state index in [0.717, 1.165) is 21.7 Å². The van der Waals surface area contributed by atoms with Gasteiger partial charge in [-0.25, -0.2) is 4.21 Å². The Kier molecular flexibility index (Phi) is 4.92. The van der Waals surface area contributed by atoms with Crippen molar-refractivity contribution in [1.82, 2.24) is 0 Å². The first-order valence-electron chi connectivity index (χ1n) is 7.74. The van der Waals surface area contributed by atoms with Gasteiger partial charge in [-0.1, -0.05) is 78.9 Å². The molecule has 3 aromatic carbocycles. The number of hydrogen-bond acceptors (Lipinski definition) is 2. The van der Waals surface area contributed by atoms with Crippen molar-refractivity contribution >= 4 is 27.6 Å². The summed E-state index contributed by atoms with van der Waals surface area (Å²) in [6, 6.07) is 27.2. The Morgan fingerprint density at radius 1 is 0.750 bits per heavy atom. The molecule has 0 amide bonds. The zero-order valence-electron chi connectivity index (χ0n) is 13.5. The van der Waals surface area contributed by atoms with Crippen molar-refractivity contribution in [2.24, 2.45) is 4.36 Å². The minimum Gasteiger partial charge on any atom is -0.245 e. The lowest BCUT2D eigenvalue weighted by atomic mass is 10.1. The van der Waals surface area contributed by atoms with Crippen LogP contribution in [0.3, 0.4) is 0 Å². The minimum absolute atomic E-state index is 0.737. The van der Waals surface area contributed by atoms with Crippen LogP contribution in [0.1, 0.15) is 11.1 Å². The Bertz CT molecular complexity index is 953. The minimum atomic E-state index is -2.48. The third-order valence-electron chi connectivity index (χ3n) is 3.64. The Morgan fingerprint density at radius 2 is 1.33 bits per heavy atom. The molecular formula is C21H19NOS. The van der Waals surface area contributed by atoms with Crippen LogP contribution in [0.25, 0.3) is 12.2 Å². The number of nitrogens with zero attached hydrogens (tertiary/aromatic N) is 1. The number of hydrogen-bond donors (Lipinski definition) is 0. The third-order valence-corrected chi connectivity index (χ3v) is 5.34. The van der Waals surface area contributed by atoms with Gasteiger partial charge >= 0.3 is 0 Å². The summed E-state index contributed by atoms with van der Waals surface area (Å²) in [5.74, 6) is 0. The third kappa shape index (κ3) is 4.00. The Labute approximate surface area is 143 Å². The molecule has 0 fully saturated rings. The topological polar surface area (TPSA) is 29.4 Å². The lowest BCUT2D eigenvalue weighted by molar-refractivity contribution is 0.681. The summed E-state index contributed by atoms with van der Waals surface area (Å²) in [6.07, 6.45) is 5.73. The van der Waals surface area contributed by atoms with Crippen LogP contribution in [0.4, 0.5) is 5.69 Å². The molecule has 3 rings (SSSR count). The maximum absolute atomic E-state index is 13.0. The summed E-state index contributed by atoms with van der Waals surface area (Å²) < 4.78 is 17.5. The fourth-order valence-electron chi connectivity index (χ4n) is 2.38. The van der Waals surface area contributed by atoms with Gasteiger partial charge in [-0.15, -0.1) is 0 Å². The summed E-state index contributed by atoms with van der Waals surface area (Å²) in [4.78, 5) is 0.742. The second-order valence-corrected chi connectivity index (χ2v) is 7.77. The van der Waals surface area contributed by atoms with E-state index in [4.69, 9.17) is 0 Å². The maximum Gasteiger partial charge on any atom is 0.0805 e. The van der Waals surface area contributed by atoms with Gasteiger partial charge in [0.15, 0.2) is 0 Å². The van der Waals surface area contributed by atoms with Gasteiger partial charge in [-0.2, -0.15) is 4.36 Å². The van der Waals surface area contributed by atoms with Crippen molar-refractivity contribution in [2.45, 2.75) is 4.90 Å². The quantitative estimate of drug-likeness (QED) is 0.568. The van der Waals surface area contributed by atoms with Gasteiger partial charge in [-0.05, 0) is 23.8 Å². The predicted octanol–water partition coefficient (Wildman–Crippen LogP) is 5.65. The van der Waals surface area contributed by atoms with Gasteiger partial charge in [0.25, 0.3) is 0 Å². The molecule has 1 atom stereocenters. The van der Waals surface area contributed by atoms with Crippen LogP contribution in [0.5, 0.6) is 0 Å². The largest absolute Gasteiger partial charge is 0.245 e. The molecule has 120 valence electrons. The molecule has 3 heteroatoms.